The number of carbonyl (C=O) groups excluding carboxylic acids is 1. The van der Waals surface area contributed by atoms with Gasteiger partial charge in [-0.1, -0.05) is 0 Å². The van der Waals surface area contributed by atoms with Crippen molar-refractivity contribution in [3.05, 3.63) is 18.1 Å². The molecule has 0 bridgehead atoms. The summed E-state index contributed by atoms with van der Waals surface area (Å²) in [5.41, 5.74) is 1.25. The Bertz CT molecular complexity index is 621. The van der Waals surface area contributed by atoms with Crippen molar-refractivity contribution in [2.24, 2.45) is 0 Å². The largest absolute Gasteiger partial charge is 0.359 e. The molecule has 0 unspecified atom stereocenters. The van der Waals surface area contributed by atoms with E-state index in [1.165, 1.54) is 4.57 Å². The quantitative estimate of drug-likeness (QED) is 0.662. The molecular formula is C9H5N5O. The summed E-state index contributed by atoms with van der Waals surface area (Å²) < 4.78 is 1.50. The predicted molar refractivity (Wildman–Crippen MR) is 51.4 cm³/mol. The van der Waals surface area contributed by atoms with Crippen LogP contribution < -0.4 is 5.32 Å². The van der Waals surface area contributed by atoms with Crippen LogP contribution in [0.1, 0.15) is 10.6 Å². The number of nitriles is 1. The maximum Gasteiger partial charge on any atom is 0.250 e. The number of nitrogens with zero attached hydrogens (tertiary/aromatic N) is 4. The second-order valence-corrected chi connectivity index (χ2v) is 3.17. The highest BCUT2D eigenvalue weighted by atomic mass is 16.2. The fourth-order valence-corrected chi connectivity index (χ4v) is 1.67. The Morgan fingerprint density at radius 2 is 2.40 bits per heavy atom. The van der Waals surface area contributed by atoms with E-state index in [1.807, 2.05) is 6.07 Å². The molecule has 6 heteroatoms. The molecule has 0 spiro atoms. The number of aromatic nitrogens is 3. The van der Waals surface area contributed by atoms with Crippen molar-refractivity contribution in [2.45, 2.75) is 0 Å². The second-order valence-electron chi connectivity index (χ2n) is 3.17. The Kier molecular flexibility index (Phi) is 1.35. The molecule has 0 atom stereocenters. The van der Waals surface area contributed by atoms with Gasteiger partial charge in [0, 0.05) is 6.20 Å². The van der Waals surface area contributed by atoms with Gasteiger partial charge < -0.3 is 5.32 Å². The zero-order chi connectivity index (χ0) is 10.4. The van der Waals surface area contributed by atoms with E-state index in [9.17, 15) is 4.79 Å². The van der Waals surface area contributed by atoms with Crippen molar-refractivity contribution in [1.29, 1.82) is 5.26 Å². The van der Waals surface area contributed by atoms with E-state index < -0.39 is 0 Å². The summed E-state index contributed by atoms with van der Waals surface area (Å²) in [6.07, 6.45) is 1.65. The zero-order valence-corrected chi connectivity index (χ0v) is 7.56. The van der Waals surface area contributed by atoms with E-state index in [1.54, 1.807) is 12.3 Å². The van der Waals surface area contributed by atoms with E-state index in [4.69, 9.17) is 5.26 Å². The molecule has 0 amide bonds. The lowest BCUT2D eigenvalue weighted by atomic mass is 10.3. The van der Waals surface area contributed by atoms with Crippen LogP contribution in [0.5, 0.6) is 0 Å². The minimum absolute atomic E-state index is 0.0502. The molecule has 2 aromatic rings. The minimum Gasteiger partial charge on any atom is -0.359 e. The van der Waals surface area contributed by atoms with Crippen LogP contribution in [0.2, 0.25) is 0 Å². The number of anilines is 1. The average molecular weight is 199 g/mol. The summed E-state index contributed by atoms with van der Waals surface area (Å²) in [6.45, 7) is 0.193. The summed E-state index contributed by atoms with van der Waals surface area (Å²) in [5.74, 6) is 0.601. The van der Waals surface area contributed by atoms with Crippen LogP contribution >= 0.6 is 0 Å². The summed E-state index contributed by atoms with van der Waals surface area (Å²) in [6, 6.07) is 3.58. The Balaban J connectivity index is 2.45. The normalized spacial score (nSPS) is 13.7. The topological polar surface area (TPSA) is 83.6 Å². The molecule has 0 aliphatic carbocycles. The third-order valence-corrected chi connectivity index (χ3v) is 2.31. The Morgan fingerprint density at radius 1 is 1.53 bits per heavy atom. The predicted octanol–water partition coefficient (Wildman–Crippen LogP) is 0.369. The van der Waals surface area contributed by atoms with Crippen molar-refractivity contribution in [3.8, 4) is 6.07 Å². The molecule has 72 valence electrons. The molecule has 15 heavy (non-hydrogen) atoms. The van der Waals surface area contributed by atoms with Crippen LogP contribution in [-0.2, 0) is 0 Å². The highest BCUT2D eigenvalue weighted by Gasteiger charge is 2.20. The molecule has 3 heterocycles. The standard InChI is InChI=1S/C9H5N5O/c10-3-6-12-5-1-2-14-7(15)4-11-9(13-6)8(5)14/h1-2H,4H2,(H,11,12,13). The number of carbonyl (C=O) groups is 1. The Hall–Kier alpha value is -2.42. The first-order valence-corrected chi connectivity index (χ1v) is 4.36. The minimum atomic E-state index is -0.0502. The molecule has 1 aliphatic heterocycles. The molecule has 2 aromatic heterocycles. The van der Waals surface area contributed by atoms with Gasteiger partial charge >= 0.3 is 0 Å². The highest BCUT2D eigenvalue weighted by molar-refractivity contribution is 6.01. The molecular weight excluding hydrogens is 194 g/mol. The first-order chi connectivity index (χ1) is 7.29. The Morgan fingerprint density at radius 3 is 3.20 bits per heavy atom. The number of rotatable bonds is 0. The lowest BCUT2D eigenvalue weighted by molar-refractivity contribution is 0.0931. The van der Waals surface area contributed by atoms with Crippen LogP contribution in [-0.4, -0.2) is 27.0 Å². The molecule has 0 fully saturated rings. The maximum atomic E-state index is 11.5. The van der Waals surface area contributed by atoms with Gasteiger partial charge in [-0.15, -0.1) is 0 Å². The van der Waals surface area contributed by atoms with Crippen LogP contribution in [0.25, 0.3) is 11.0 Å². The summed E-state index contributed by atoms with van der Waals surface area (Å²) in [5, 5.41) is 11.6. The van der Waals surface area contributed by atoms with Gasteiger partial charge in [0.05, 0.1) is 12.1 Å². The van der Waals surface area contributed by atoms with Gasteiger partial charge in [-0.3, -0.25) is 9.36 Å². The SMILES string of the molecule is N#Cc1nc2c3c(ccn3C(=O)CN2)n1. The monoisotopic (exact) mass is 199 g/mol. The zero-order valence-electron chi connectivity index (χ0n) is 7.56. The van der Waals surface area contributed by atoms with Crippen LogP contribution in [0.3, 0.4) is 0 Å². The summed E-state index contributed by atoms with van der Waals surface area (Å²) in [4.78, 5) is 19.5. The van der Waals surface area contributed by atoms with Crippen molar-refractivity contribution in [1.82, 2.24) is 14.5 Å². The fourth-order valence-electron chi connectivity index (χ4n) is 1.67. The van der Waals surface area contributed by atoms with Crippen molar-refractivity contribution < 1.29 is 4.79 Å². The molecule has 0 saturated heterocycles. The van der Waals surface area contributed by atoms with E-state index in [0.717, 1.165) is 0 Å². The van der Waals surface area contributed by atoms with Gasteiger partial charge in [-0.05, 0) is 6.07 Å². The van der Waals surface area contributed by atoms with Gasteiger partial charge in [-0.25, -0.2) is 4.98 Å². The van der Waals surface area contributed by atoms with E-state index >= 15 is 0 Å². The second kappa shape index (κ2) is 2.54. The van der Waals surface area contributed by atoms with Crippen molar-refractivity contribution in [3.63, 3.8) is 0 Å². The molecule has 1 aliphatic rings. The molecule has 6 nitrogen and oxygen atoms in total. The molecule has 0 aromatic carbocycles. The fraction of sp³-hybridized carbons (Fsp3) is 0.111. The maximum absolute atomic E-state index is 11.5. The van der Waals surface area contributed by atoms with Gasteiger partial charge in [0.2, 0.25) is 5.82 Å². The van der Waals surface area contributed by atoms with Gasteiger partial charge in [0.1, 0.15) is 11.6 Å². The van der Waals surface area contributed by atoms with E-state index in [-0.39, 0.29) is 18.3 Å². The number of hydrogen-bond donors (Lipinski definition) is 1. The molecule has 3 rings (SSSR count). The summed E-state index contributed by atoms with van der Waals surface area (Å²) >= 11 is 0. The Labute approximate surface area is 84.2 Å². The van der Waals surface area contributed by atoms with Gasteiger partial charge in [-0.2, -0.15) is 10.2 Å². The molecule has 0 saturated carbocycles. The van der Waals surface area contributed by atoms with E-state index in [0.29, 0.717) is 16.9 Å². The third-order valence-electron chi connectivity index (χ3n) is 2.31. The molecule has 1 N–H and O–H groups in total. The highest BCUT2D eigenvalue weighted by Crippen LogP contribution is 2.24. The first-order valence-electron chi connectivity index (χ1n) is 4.36. The lowest BCUT2D eigenvalue weighted by Gasteiger charge is -2.14. The number of nitrogens with one attached hydrogen (secondary N) is 1. The first kappa shape index (κ1) is 7.94. The average Bonchev–Trinajstić information content (AvgIpc) is 2.68. The smallest absolute Gasteiger partial charge is 0.250 e. The van der Waals surface area contributed by atoms with Gasteiger partial charge in [0.15, 0.2) is 5.82 Å². The van der Waals surface area contributed by atoms with Crippen molar-refractivity contribution in [2.75, 3.05) is 11.9 Å². The van der Waals surface area contributed by atoms with E-state index in [2.05, 4.69) is 15.3 Å². The number of hydrogen-bond acceptors (Lipinski definition) is 5. The molecule has 0 radical (unpaired) electrons. The van der Waals surface area contributed by atoms with Crippen LogP contribution in [0.4, 0.5) is 5.82 Å². The van der Waals surface area contributed by atoms with Crippen molar-refractivity contribution >= 4 is 22.8 Å². The van der Waals surface area contributed by atoms with Crippen LogP contribution in [0, 0.1) is 11.3 Å². The lowest BCUT2D eigenvalue weighted by Crippen LogP contribution is -2.26. The third kappa shape index (κ3) is 0.942. The van der Waals surface area contributed by atoms with Crippen LogP contribution in [0.15, 0.2) is 12.3 Å². The van der Waals surface area contributed by atoms with Gasteiger partial charge in [0.25, 0.3) is 5.91 Å². The summed E-state index contributed by atoms with van der Waals surface area (Å²) in [7, 11) is 0.